The Morgan fingerprint density at radius 1 is 0.614 bits per heavy atom. The molecule has 0 bridgehead atoms. The van der Waals surface area contributed by atoms with Gasteiger partial charge in [0.2, 0.25) is 0 Å². The molecule has 3 heteroatoms. The van der Waals surface area contributed by atoms with Crippen LogP contribution in [0.4, 0.5) is 0 Å². The quantitative estimate of drug-likeness (QED) is 0.175. The van der Waals surface area contributed by atoms with E-state index in [2.05, 4.69) is 64.1 Å². The number of carbonyl (C=O) groups is 2. The lowest BCUT2D eigenvalue weighted by Gasteiger charge is -2.32. The number of aldehydes is 2. The zero-order valence-corrected chi connectivity index (χ0v) is 26.3. The molecule has 0 aliphatic heterocycles. The minimum Gasteiger partial charge on any atom is -0.464 e. The minimum atomic E-state index is -0.0248. The van der Waals surface area contributed by atoms with Crippen molar-refractivity contribution in [1.29, 1.82) is 0 Å². The van der Waals surface area contributed by atoms with Gasteiger partial charge in [-0.25, -0.2) is 0 Å². The average molecular weight is 585 g/mol. The molecule has 44 heavy (non-hydrogen) atoms. The molecular weight excluding hydrogens is 540 g/mol. The fourth-order valence-electron chi connectivity index (χ4n) is 4.85. The van der Waals surface area contributed by atoms with E-state index in [1.807, 2.05) is 103 Å². The third kappa shape index (κ3) is 9.91. The van der Waals surface area contributed by atoms with Gasteiger partial charge in [-0.05, 0) is 45.9 Å². The lowest BCUT2D eigenvalue weighted by molar-refractivity contribution is -0.109. The number of benzene rings is 5. The van der Waals surface area contributed by atoms with Crippen LogP contribution in [0.5, 0.6) is 0 Å². The number of carbonyl (C=O) groups excluding carboxylic acids is 2. The molecule has 0 N–H and O–H groups in total. The molecule has 226 valence electrons. The molecule has 0 saturated heterocycles. The fourth-order valence-corrected chi connectivity index (χ4v) is 4.85. The molecule has 0 aliphatic rings. The average Bonchev–Trinajstić information content (AvgIpc) is 3.57. The number of furan rings is 1. The monoisotopic (exact) mass is 584 g/mol. The van der Waals surface area contributed by atoms with E-state index in [9.17, 15) is 9.59 Å². The molecule has 1 heterocycles. The summed E-state index contributed by atoms with van der Waals surface area (Å²) in [6, 6.07) is 46.8. The maximum absolute atomic E-state index is 10.7. The molecular formula is C41H44O3. The normalized spacial score (nSPS) is 12.3. The van der Waals surface area contributed by atoms with Crippen LogP contribution in [0.25, 0.3) is 21.7 Å². The zero-order valence-electron chi connectivity index (χ0n) is 26.3. The fraction of sp³-hybridized carbons (Fsp3) is 0.220. The Labute approximate surface area is 262 Å². The Morgan fingerprint density at radius 3 is 1.73 bits per heavy atom. The van der Waals surface area contributed by atoms with E-state index in [0.29, 0.717) is 24.7 Å². The van der Waals surface area contributed by atoms with E-state index in [4.69, 9.17) is 4.42 Å². The lowest BCUT2D eigenvalue weighted by atomic mass is 9.71. The van der Waals surface area contributed by atoms with E-state index < -0.39 is 0 Å². The molecule has 2 atom stereocenters. The first-order valence-corrected chi connectivity index (χ1v) is 15.2. The maximum atomic E-state index is 10.7. The van der Waals surface area contributed by atoms with E-state index in [1.165, 1.54) is 27.3 Å². The van der Waals surface area contributed by atoms with Crippen molar-refractivity contribution >= 4 is 34.3 Å². The van der Waals surface area contributed by atoms with Crippen molar-refractivity contribution in [2.45, 2.75) is 51.9 Å². The molecule has 0 amide bonds. The van der Waals surface area contributed by atoms with Crippen LogP contribution < -0.4 is 0 Å². The van der Waals surface area contributed by atoms with E-state index in [-0.39, 0.29) is 5.41 Å². The third-order valence-electron chi connectivity index (χ3n) is 8.06. The second kappa shape index (κ2) is 18.0. The summed E-state index contributed by atoms with van der Waals surface area (Å²) < 4.78 is 5.33. The molecule has 0 aliphatic carbocycles. The van der Waals surface area contributed by atoms with Crippen LogP contribution >= 0.6 is 0 Å². The summed E-state index contributed by atoms with van der Waals surface area (Å²) in [5.41, 5.74) is 3.42. The van der Waals surface area contributed by atoms with Gasteiger partial charge in [0.05, 0.1) is 6.26 Å². The van der Waals surface area contributed by atoms with E-state index in [1.54, 1.807) is 6.26 Å². The van der Waals surface area contributed by atoms with Crippen LogP contribution in [0, 0.1) is 5.92 Å². The highest BCUT2D eigenvalue weighted by atomic mass is 16.3. The summed E-state index contributed by atoms with van der Waals surface area (Å²) in [4.78, 5) is 20.9. The number of rotatable bonds is 7. The number of hydrogen-bond acceptors (Lipinski definition) is 3. The summed E-state index contributed by atoms with van der Waals surface area (Å²) in [6.45, 7) is 8.54. The Morgan fingerprint density at radius 2 is 1.16 bits per heavy atom. The minimum absolute atomic E-state index is 0.0248. The van der Waals surface area contributed by atoms with Crippen LogP contribution in [0.3, 0.4) is 0 Å². The second-order valence-corrected chi connectivity index (χ2v) is 11.3. The molecule has 5 aromatic carbocycles. The summed E-state index contributed by atoms with van der Waals surface area (Å²) >= 11 is 0. The van der Waals surface area contributed by atoms with Gasteiger partial charge in [0.1, 0.15) is 18.2 Å². The van der Waals surface area contributed by atoms with Crippen molar-refractivity contribution in [2.75, 3.05) is 0 Å². The van der Waals surface area contributed by atoms with Crippen molar-refractivity contribution < 1.29 is 14.0 Å². The van der Waals surface area contributed by atoms with Gasteiger partial charge < -0.3 is 14.0 Å². The summed E-state index contributed by atoms with van der Waals surface area (Å²) in [7, 11) is 0. The highest BCUT2D eigenvalue weighted by molar-refractivity contribution is 6.05. The Hall–Kier alpha value is -4.76. The van der Waals surface area contributed by atoms with Gasteiger partial charge in [0, 0.05) is 23.6 Å². The topological polar surface area (TPSA) is 47.3 Å². The van der Waals surface area contributed by atoms with Crippen molar-refractivity contribution in [3.05, 3.63) is 157 Å². The molecule has 3 nitrogen and oxygen atoms in total. The van der Waals surface area contributed by atoms with Crippen molar-refractivity contribution in [1.82, 2.24) is 0 Å². The van der Waals surface area contributed by atoms with Crippen LogP contribution in [-0.4, -0.2) is 12.6 Å². The molecule has 6 rings (SSSR count). The highest BCUT2D eigenvalue weighted by Crippen LogP contribution is 2.34. The van der Waals surface area contributed by atoms with Crippen LogP contribution in [0.2, 0.25) is 0 Å². The van der Waals surface area contributed by atoms with Gasteiger partial charge >= 0.3 is 0 Å². The van der Waals surface area contributed by atoms with Gasteiger partial charge in [0.15, 0.2) is 0 Å². The molecule has 0 saturated carbocycles. The number of fused-ring (bicyclic) bond motifs is 3. The first-order chi connectivity index (χ1) is 21.4. The lowest BCUT2D eigenvalue weighted by Crippen LogP contribution is -2.29. The van der Waals surface area contributed by atoms with Gasteiger partial charge in [-0.2, -0.15) is 0 Å². The molecule has 2 unspecified atom stereocenters. The van der Waals surface area contributed by atoms with E-state index in [0.717, 1.165) is 18.2 Å². The van der Waals surface area contributed by atoms with Crippen molar-refractivity contribution in [3.63, 3.8) is 0 Å². The molecule has 0 spiro atoms. The molecule has 1 aromatic heterocycles. The second-order valence-electron chi connectivity index (χ2n) is 11.3. The predicted molar refractivity (Wildman–Crippen MR) is 185 cm³/mol. The Balaban J connectivity index is 0.000000166. The SMILES string of the molecule is CC(C)C(C)(CC=O)c1ccccc1.CC(CC=O)c1ccccc1.c1ccc2c(c1)ccc1occc12.c1ccccc1. The summed E-state index contributed by atoms with van der Waals surface area (Å²) in [5.74, 6) is 0.823. The number of hydrogen-bond donors (Lipinski definition) is 0. The Kier molecular flexibility index (Phi) is 13.8. The van der Waals surface area contributed by atoms with Gasteiger partial charge in [-0.15, -0.1) is 0 Å². The third-order valence-corrected chi connectivity index (χ3v) is 8.06. The van der Waals surface area contributed by atoms with Crippen LogP contribution in [0.15, 0.2) is 150 Å². The van der Waals surface area contributed by atoms with Crippen molar-refractivity contribution in [2.24, 2.45) is 5.92 Å². The van der Waals surface area contributed by atoms with E-state index >= 15 is 0 Å². The van der Waals surface area contributed by atoms with Gasteiger partial charge in [-0.3, -0.25) is 0 Å². The Bertz CT molecular complexity index is 1610. The first-order valence-electron chi connectivity index (χ1n) is 15.2. The summed E-state index contributed by atoms with van der Waals surface area (Å²) in [6.07, 6.45) is 4.93. The largest absolute Gasteiger partial charge is 0.464 e. The highest BCUT2D eigenvalue weighted by Gasteiger charge is 2.29. The maximum Gasteiger partial charge on any atom is 0.134 e. The molecule has 6 aromatic rings. The van der Waals surface area contributed by atoms with Gasteiger partial charge in [-0.1, -0.05) is 155 Å². The van der Waals surface area contributed by atoms with Crippen LogP contribution in [-0.2, 0) is 15.0 Å². The smallest absolute Gasteiger partial charge is 0.134 e. The molecule has 0 radical (unpaired) electrons. The van der Waals surface area contributed by atoms with Crippen LogP contribution in [0.1, 0.15) is 57.6 Å². The standard InChI is InChI=1S/C13H18O.C12H8O.C10H12O.C6H6/c1-11(2)13(3,9-10-14)12-7-5-4-6-8-12;1-2-4-10-9(3-1)5-6-12-11(10)7-8-13-12;1-9(7-8-11)10-5-3-2-4-6-10;1-2-4-6-5-3-1/h4-8,10-11H,9H2,1-3H3;1-8H;2-6,8-9H,7H2,1H3;1-6H. The first kappa shape index (κ1) is 33.7. The molecule has 0 fully saturated rings. The van der Waals surface area contributed by atoms with Crippen molar-refractivity contribution in [3.8, 4) is 0 Å². The predicted octanol–water partition coefficient (Wildman–Crippen LogP) is 10.8. The van der Waals surface area contributed by atoms with Gasteiger partial charge in [0.25, 0.3) is 0 Å². The zero-order chi connectivity index (χ0) is 31.6. The summed E-state index contributed by atoms with van der Waals surface area (Å²) in [5, 5.41) is 3.71.